The summed E-state index contributed by atoms with van der Waals surface area (Å²) in [6.45, 7) is 4.40. The number of methoxy groups -OCH3 is 1. The smallest absolute Gasteiger partial charge is 0.271 e. The first kappa shape index (κ1) is 25.5. The van der Waals surface area contributed by atoms with Gasteiger partial charge in [0, 0.05) is 43.3 Å². The highest BCUT2D eigenvalue weighted by molar-refractivity contribution is 9.10. The van der Waals surface area contributed by atoms with Crippen LogP contribution in [0.5, 0.6) is 11.5 Å². The van der Waals surface area contributed by atoms with E-state index in [0.29, 0.717) is 34.3 Å². The lowest BCUT2D eigenvalue weighted by atomic mass is 10.2. The van der Waals surface area contributed by atoms with Gasteiger partial charge in [-0.2, -0.15) is 5.10 Å². The standard InChI is InChI=1S/C28H25BrClN3O3/c1-18-8-9-19(2)33(18)23-12-10-20(11-13-23)28(34)32-31-16-22-14-26(35-3)27(15-24(22)29)36-17-21-6-4-5-7-25(21)30/h4-16H,17H2,1-3H3,(H,32,34). The second-order valence-electron chi connectivity index (χ2n) is 8.10. The number of hydrogen-bond acceptors (Lipinski definition) is 4. The molecule has 0 aliphatic carbocycles. The molecule has 36 heavy (non-hydrogen) atoms. The number of nitrogens with one attached hydrogen (secondary N) is 1. The molecule has 1 N–H and O–H groups in total. The monoisotopic (exact) mass is 565 g/mol. The topological polar surface area (TPSA) is 64.8 Å². The number of carbonyl (C=O) groups excluding carboxylic acids is 1. The van der Waals surface area contributed by atoms with Gasteiger partial charge in [0.2, 0.25) is 0 Å². The van der Waals surface area contributed by atoms with Crippen LogP contribution in [0.1, 0.15) is 32.9 Å². The summed E-state index contributed by atoms with van der Waals surface area (Å²) in [5.74, 6) is 0.782. The number of nitrogens with zero attached hydrogens (tertiary/aromatic N) is 2. The number of benzene rings is 3. The highest BCUT2D eigenvalue weighted by Gasteiger charge is 2.11. The Balaban J connectivity index is 1.42. The molecule has 3 aromatic carbocycles. The zero-order valence-electron chi connectivity index (χ0n) is 20.1. The number of hydrogen-bond donors (Lipinski definition) is 1. The minimum absolute atomic E-state index is 0.300. The maximum absolute atomic E-state index is 12.6. The number of aryl methyl sites for hydroxylation is 2. The first-order valence-corrected chi connectivity index (χ1v) is 12.4. The van der Waals surface area contributed by atoms with E-state index in [1.807, 2.05) is 50.2 Å². The second-order valence-corrected chi connectivity index (χ2v) is 9.36. The van der Waals surface area contributed by atoms with Gasteiger partial charge in [0.1, 0.15) is 6.61 Å². The Morgan fingerprint density at radius 2 is 1.72 bits per heavy atom. The zero-order chi connectivity index (χ0) is 25.7. The van der Waals surface area contributed by atoms with Crippen LogP contribution < -0.4 is 14.9 Å². The van der Waals surface area contributed by atoms with E-state index >= 15 is 0 Å². The molecule has 0 saturated heterocycles. The molecule has 6 nitrogen and oxygen atoms in total. The number of carbonyl (C=O) groups is 1. The van der Waals surface area contributed by atoms with Crippen molar-refractivity contribution in [3.05, 3.63) is 110 Å². The molecule has 0 aliphatic heterocycles. The Morgan fingerprint density at radius 1 is 1.03 bits per heavy atom. The Kier molecular flexibility index (Phi) is 8.13. The van der Waals surface area contributed by atoms with Gasteiger partial charge in [0.25, 0.3) is 5.91 Å². The maximum atomic E-state index is 12.6. The predicted octanol–water partition coefficient (Wildman–Crippen LogP) is 6.86. The van der Waals surface area contributed by atoms with E-state index in [4.69, 9.17) is 21.1 Å². The molecule has 0 bridgehead atoms. The number of hydrazone groups is 1. The van der Waals surface area contributed by atoms with Gasteiger partial charge in [-0.05, 0) is 84.4 Å². The molecule has 0 fully saturated rings. The predicted molar refractivity (Wildman–Crippen MR) is 147 cm³/mol. The summed E-state index contributed by atoms with van der Waals surface area (Å²) in [6.07, 6.45) is 1.54. The SMILES string of the molecule is COc1cc(C=NNC(=O)c2ccc(-n3c(C)ccc3C)cc2)c(Br)cc1OCc1ccccc1Cl. The number of rotatable bonds is 8. The molecule has 1 amide bonds. The Labute approximate surface area is 223 Å². The minimum Gasteiger partial charge on any atom is -0.493 e. The zero-order valence-corrected chi connectivity index (χ0v) is 22.4. The first-order valence-electron chi connectivity index (χ1n) is 11.2. The molecule has 1 aromatic heterocycles. The fourth-order valence-corrected chi connectivity index (χ4v) is 4.37. The lowest BCUT2D eigenvalue weighted by molar-refractivity contribution is 0.0955. The molecule has 0 saturated carbocycles. The summed E-state index contributed by atoms with van der Waals surface area (Å²) < 4.78 is 14.3. The number of ether oxygens (including phenoxy) is 2. The number of halogens is 2. The molecule has 8 heteroatoms. The third-order valence-corrected chi connectivity index (χ3v) is 6.71. The van der Waals surface area contributed by atoms with Crippen molar-refractivity contribution in [2.45, 2.75) is 20.5 Å². The van der Waals surface area contributed by atoms with Crippen molar-refractivity contribution in [1.29, 1.82) is 0 Å². The van der Waals surface area contributed by atoms with Crippen molar-refractivity contribution in [3.8, 4) is 17.2 Å². The van der Waals surface area contributed by atoms with E-state index in [1.54, 1.807) is 37.6 Å². The van der Waals surface area contributed by atoms with Crippen molar-refractivity contribution < 1.29 is 14.3 Å². The van der Waals surface area contributed by atoms with Crippen LogP contribution in [0.4, 0.5) is 0 Å². The van der Waals surface area contributed by atoms with Crippen molar-refractivity contribution in [2.24, 2.45) is 5.10 Å². The van der Waals surface area contributed by atoms with Crippen LogP contribution in [0.3, 0.4) is 0 Å². The van der Waals surface area contributed by atoms with Gasteiger partial charge in [-0.15, -0.1) is 0 Å². The highest BCUT2D eigenvalue weighted by atomic mass is 79.9. The molecule has 0 radical (unpaired) electrons. The Bertz CT molecular complexity index is 1390. The van der Waals surface area contributed by atoms with Crippen LogP contribution in [0, 0.1) is 13.8 Å². The lowest BCUT2D eigenvalue weighted by Gasteiger charge is -2.13. The maximum Gasteiger partial charge on any atom is 0.271 e. The van der Waals surface area contributed by atoms with E-state index in [0.717, 1.165) is 27.1 Å². The van der Waals surface area contributed by atoms with E-state index in [2.05, 4.69) is 43.2 Å². The van der Waals surface area contributed by atoms with Crippen LogP contribution >= 0.6 is 27.5 Å². The highest BCUT2D eigenvalue weighted by Crippen LogP contribution is 2.34. The van der Waals surface area contributed by atoms with Gasteiger partial charge in [0.05, 0.1) is 13.3 Å². The molecular weight excluding hydrogens is 542 g/mol. The molecule has 184 valence electrons. The lowest BCUT2D eigenvalue weighted by Crippen LogP contribution is -2.17. The first-order chi connectivity index (χ1) is 17.4. The van der Waals surface area contributed by atoms with Gasteiger partial charge < -0.3 is 14.0 Å². The quantitative estimate of drug-likeness (QED) is 0.187. The van der Waals surface area contributed by atoms with Crippen LogP contribution in [-0.2, 0) is 6.61 Å². The van der Waals surface area contributed by atoms with Crippen LogP contribution in [0.15, 0.2) is 82.4 Å². The summed E-state index contributed by atoms with van der Waals surface area (Å²) in [7, 11) is 1.56. The summed E-state index contributed by atoms with van der Waals surface area (Å²) in [5.41, 5.74) is 7.94. The van der Waals surface area contributed by atoms with Crippen molar-refractivity contribution >= 4 is 39.7 Å². The van der Waals surface area contributed by atoms with Crippen molar-refractivity contribution in [2.75, 3.05) is 7.11 Å². The van der Waals surface area contributed by atoms with E-state index < -0.39 is 0 Å². The molecule has 4 aromatic rings. The van der Waals surface area contributed by atoms with Gasteiger partial charge >= 0.3 is 0 Å². The Morgan fingerprint density at radius 3 is 2.39 bits per heavy atom. The third-order valence-electron chi connectivity index (χ3n) is 5.65. The molecule has 4 rings (SSSR count). The second kappa shape index (κ2) is 11.5. The average Bonchev–Trinajstić information content (AvgIpc) is 3.22. The van der Waals surface area contributed by atoms with Crippen molar-refractivity contribution in [3.63, 3.8) is 0 Å². The molecular formula is C28H25BrClN3O3. The fourth-order valence-electron chi connectivity index (χ4n) is 3.76. The van der Waals surface area contributed by atoms with Crippen LogP contribution in [-0.4, -0.2) is 23.8 Å². The molecule has 1 heterocycles. The van der Waals surface area contributed by atoms with Gasteiger partial charge in [-0.3, -0.25) is 4.79 Å². The van der Waals surface area contributed by atoms with Crippen LogP contribution in [0.2, 0.25) is 5.02 Å². The summed E-state index contributed by atoms with van der Waals surface area (Å²) in [5, 5.41) is 4.75. The average molecular weight is 567 g/mol. The van der Waals surface area contributed by atoms with Crippen molar-refractivity contribution in [1.82, 2.24) is 9.99 Å². The normalized spacial score (nSPS) is 11.0. The molecule has 0 unspecified atom stereocenters. The molecule has 0 atom stereocenters. The largest absolute Gasteiger partial charge is 0.493 e. The fraction of sp³-hybridized carbons (Fsp3) is 0.143. The minimum atomic E-state index is -0.304. The molecule has 0 spiro atoms. The number of aromatic nitrogens is 1. The van der Waals surface area contributed by atoms with E-state index in [9.17, 15) is 4.79 Å². The number of amides is 1. The third kappa shape index (κ3) is 5.80. The van der Waals surface area contributed by atoms with E-state index in [-0.39, 0.29) is 5.91 Å². The summed E-state index contributed by atoms with van der Waals surface area (Å²) in [4.78, 5) is 12.6. The molecule has 0 aliphatic rings. The van der Waals surface area contributed by atoms with Gasteiger partial charge in [-0.1, -0.05) is 29.8 Å². The summed E-state index contributed by atoms with van der Waals surface area (Å²) in [6, 6.07) is 22.6. The van der Waals surface area contributed by atoms with E-state index in [1.165, 1.54) is 0 Å². The Hall–Kier alpha value is -3.55. The van der Waals surface area contributed by atoms with Gasteiger partial charge in [0.15, 0.2) is 11.5 Å². The van der Waals surface area contributed by atoms with Gasteiger partial charge in [-0.25, -0.2) is 5.43 Å². The van der Waals surface area contributed by atoms with Crippen LogP contribution in [0.25, 0.3) is 5.69 Å². The summed E-state index contributed by atoms with van der Waals surface area (Å²) >= 11 is 9.75.